The molecule has 7 nitrogen and oxygen atoms in total. The molecule has 1 aliphatic heterocycles. The van der Waals surface area contributed by atoms with Gasteiger partial charge < -0.3 is 5.32 Å². The van der Waals surface area contributed by atoms with Gasteiger partial charge in [0.25, 0.3) is 0 Å². The molecule has 0 aromatic heterocycles. The fraction of sp³-hybridized carbons (Fsp3) is 0.533. The fourth-order valence-electron chi connectivity index (χ4n) is 2.76. The maximum Gasteiger partial charge on any atom is 0.225 e. The van der Waals surface area contributed by atoms with Gasteiger partial charge in [-0.1, -0.05) is 18.2 Å². The highest BCUT2D eigenvalue weighted by molar-refractivity contribution is 7.92. The second-order valence-electron chi connectivity index (χ2n) is 6.04. The van der Waals surface area contributed by atoms with Crippen LogP contribution in [0.15, 0.2) is 24.3 Å². The molecule has 2 rings (SSSR count). The average Bonchev–Trinajstić information content (AvgIpc) is 2.80. The molecule has 1 fully saturated rings. The van der Waals surface area contributed by atoms with Crippen LogP contribution in [0, 0.1) is 6.92 Å². The van der Waals surface area contributed by atoms with Crippen LogP contribution in [0.4, 0.5) is 5.69 Å². The first-order valence-corrected chi connectivity index (χ1v) is 11.3. The zero-order chi connectivity index (χ0) is 18.0. The summed E-state index contributed by atoms with van der Waals surface area (Å²) in [6, 6.07) is 6.70. The summed E-state index contributed by atoms with van der Waals surface area (Å²) < 4.78 is 48.2. The first-order chi connectivity index (χ1) is 11.1. The van der Waals surface area contributed by atoms with E-state index in [1.165, 1.54) is 0 Å². The number of hydrogen-bond donors (Lipinski definition) is 1. The summed E-state index contributed by atoms with van der Waals surface area (Å²) in [5.74, 6) is -0.503. The van der Waals surface area contributed by atoms with E-state index in [-0.39, 0.29) is 36.8 Å². The minimum absolute atomic E-state index is 0.0148. The van der Waals surface area contributed by atoms with Crippen molar-refractivity contribution in [3.63, 3.8) is 0 Å². The van der Waals surface area contributed by atoms with Crippen molar-refractivity contribution in [2.75, 3.05) is 29.6 Å². The Kier molecular flexibility index (Phi) is 5.67. The maximum absolute atomic E-state index is 12.1. The number of nitrogens with one attached hydrogen (secondary N) is 1. The molecule has 1 aromatic carbocycles. The van der Waals surface area contributed by atoms with E-state index >= 15 is 0 Å². The number of nitrogens with zero attached hydrogens (tertiary/aromatic N) is 1. The number of sulfone groups is 1. The summed E-state index contributed by atoms with van der Waals surface area (Å²) >= 11 is 0. The SMILES string of the molecule is Cc1ccccc1NC(=O)CCN(C1CCS(=O)(=O)C1)S(C)(=O)=O. The molecule has 1 N–H and O–H groups in total. The van der Waals surface area contributed by atoms with Gasteiger partial charge in [-0.25, -0.2) is 16.8 Å². The largest absolute Gasteiger partial charge is 0.326 e. The first-order valence-electron chi connectivity index (χ1n) is 7.61. The molecule has 1 aromatic rings. The van der Waals surface area contributed by atoms with Gasteiger partial charge in [0.15, 0.2) is 9.84 Å². The monoisotopic (exact) mass is 374 g/mol. The molecule has 1 unspecified atom stereocenters. The number of carbonyl (C=O) groups excluding carboxylic acids is 1. The van der Waals surface area contributed by atoms with Crippen molar-refractivity contribution in [1.29, 1.82) is 0 Å². The molecule has 1 atom stereocenters. The Morgan fingerprint density at radius 1 is 1.33 bits per heavy atom. The van der Waals surface area contributed by atoms with Crippen molar-refractivity contribution in [2.24, 2.45) is 0 Å². The lowest BCUT2D eigenvalue weighted by atomic mass is 10.2. The second kappa shape index (κ2) is 7.20. The van der Waals surface area contributed by atoms with Gasteiger partial charge in [0.1, 0.15) is 0 Å². The smallest absolute Gasteiger partial charge is 0.225 e. The molecule has 134 valence electrons. The van der Waals surface area contributed by atoms with Crippen LogP contribution >= 0.6 is 0 Å². The Morgan fingerprint density at radius 3 is 2.54 bits per heavy atom. The van der Waals surface area contributed by atoms with E-state index < -0.39 is 25.9 Å². The van der Waals surface area contributed by atoms with E-state index in [1.54, 1.807) is 12.1 Å². The predicted molar refractivity (Wildman–Crippen MR) is 93.0 cm³/mol. The summed E-state index contributed by atoms with van der Waals surface area (Å²) in [5.41, 5.74) is 1.59. The Balaban J connectivity index is 2.01. The summed E-state index contributed by atoms with van der Waals surface area (Å²) in [6.07, 6.45) is 1.28. The lowest BCUT2D eigenvalue weighted by molar-refractivity contribution is -0.116. The van der Waals surface area contributed by atoms with Crippen molar-refractivity contribution in [3.8, 4) is 0 Å². The maximum atomic E-state index is 12.1. The third kappa shape index (κ3) is 5.02. The van der Waals surface area contributed by atoms with E-state index in [9.17, 15) is 21.6 Å². The van der Waals surface area contributed by atoms with E-state index in [0.717, 1.165) is 16.1 Å². The number of anilines is 1. The van der Waals surface area contributed by atoms with E-state index in [1.807, 2.05) is 19.1 Å². The Morgan fingerprint density at radius 2 is 2.00 bits per heavy atom. The molecular weight excluding hydrogens is 352 g/mol. The Hall–Kier alpha value is -1.45. The molecule has 1 heterocycles. The van der Waals surface area contributed by atoms with Crippen molar-refractivity contribution in [2.45, 2.75) is 25.8 Å². The van der Waals surface area contributed by atoms with Crippen LogP contribution in [0.2, 0.25) is 0 Å². The number of amides is 1. The highest BCUT2D eigenvalue weighted by atomic mass is 32.2. The van der Waals surface area contributed by atoms with Gasteiger partial charge in [0, 0.05) is 24.7 Å². The molecule has 1 amide bonds. The molecule has 24 heavy (non-hydrogen) atoms. The van der Waals surface area contributed by atoms with Crippen LogP contribution in [-0.2, 0) is 24.7 Å². The summed E-state index contributed by atoms with van der Waals surface area (Å²) in [5, 5.41) is 2.75. The molecule has 1 aliphatic rings. The average molecular weight is 374 g/mol. The number of carbonyl (C=O) groups is 1. The number of sulfonamides is 1. The van der Waals surface area contributed by atoms with Gasteiger partial charge in [-0.15, -0.1) is 0 Å². The predicted octanol–water partition coefficient (Wildman–Crippen LogP) is 0.772. The van der Waals surface area contributed by atoms with Gasteiger partial charge >= 0.3 is 0 Å². The van der Waals surface area contributed by atoms with Crippen molar-refractivity contribution in [1.82, 2.24) is 4.31 Å². The highest BCUT2D eigenvalue weighted by Gasteiger charge is 2.36. The van der Waals surface area contributed by atoms with Gasteiger partial charge in [-0.05, 0) is 25.0 Å². The quantitative estimate of drug-likeness (QED) is 0.793. The van der Waals surface area contributed by atoms with Gasteiger partial charge in [0.05, 0.1) is 17.8 Å². The van der Waals surface area contributed by atoms with Crippen molar-refractivity contribution in [3.05, 3.63) is 29.8 Å². The van der Waals surface area contributed by atoms with Gasteiger partial charge in [-0.3, -0.25) is 4.79 Å². The van der Waals surface area contributed by atoms with Crippen LogP contribution in [-0.4, -0.2) is 57.4 Å². The van der Waals surface area contributed by atoms with Crippen LogP contribution in [0.5, 0.6) is 0 Å². The van der Waals surface area contributed by atoms with Gasteiger partial charge in [0.2, 0.25) is 15.9 Å². The topological polar surface area (TPSA) is 101 Å². The Labute approximate surface area is 143 Å². The normalized spacial score (nSPS) is 20.2. The van der Waals surface area contributed by atoms with Crippen LogP contribution < -0.4 is 5.32 Å². The molecule has 0 radical (unpaired) electrons. The number of para-hydroxylation sites is 1. The Bertz CT molecular complexity index is 818. The first kappa shape index (κ1) is 18.9. The van der Waals surface area contributed by atoms with Crippen molar-refractivity contribution >= 4 is 31.5 Å². The number of hydrogen-bond acceptors (Lipinski definition) is 5. The van der Waals surface area contributed by atoms with Crippen LogP contribution in [0.3, 0.4) is 0 Å². The van der Waals surface area contributed by atoms with E-state index in [4.69, 9.17) is 0 Å². The minimum Gasteiger partial charge on any atom is -0.326 e. The zero-order valence-corrected chi connectivity index (χ0v) is 15.4. The summed E-state index contributed by atoms with van der Waals surface area (Å²) in [6.45, 7) is 1.83. The lowest BCUT2D eigenvalue weighted by Crippen LogP contribution is -2.42. The van der Waals surface area contributed by atoms with E-state index in [2.05, 4.69) is 5.32 Å². The molecule has 9 heteroatoms. The number of aryl methyl sites for hydroxylation is 1. The molecule has 0 spiro atoms. The van der Waals surface area contributed by atoms with Crippen LogP contribution in [0.25, 0.3) is 0 Å². The zero-order valence-electron chi connectivity index (χ0n) is 13.7. The molecule has 0 aliphatic carbocycles. The summed E-state index contributed by atoms with van der Waals surface area (Å²) in [4.78, 5) is 12.1. The molecule has 1 saturated heterocycles. The minimum atomic E-state index is -3.59. The highest BCUT2D eigenvalue weighted by Crippen LogP contribution is 2.21. The summed E-state index contributed by atoms with van der Waals surface area (Å²) in [7, 11) is -6.79. The molecular formula is C15H22N2O5S2. The standard InChI is InChI=1S/C15H22N2O5S2/c1-12-5-3-4-6-14(12)16-15(18)7-9-17(23(2,19)20)13-8-10-24(21,22)11-13/h3-6,13H,7-11H2,1-2H3,(H,16,18). The third-order valence-electron chi connectivity index (χ3n) is 4.02. The number of benzene rings is 1. The molecule has 0 saturated carbocycles. The van der Waals surface area contributed by atoms with Crippen molar-refractivity contribution < 1.29 is 21.6 Å². The molecule has 0 bridgehead atoms. The third-order valence-corrected chi connectivity index (χ3v) is 7.10. The lowest BCUT2D eigenvalue weighted by Gasteiger charge is -2.25. The van der Waals surface area contributed by atoms with Crippen LogP contribution in [0.1, 0.15) is 18.4 Å². The number of rotatable bonds is 6. The fourth-order valence-corrected chi connectivity index (χ4v) is 5.73. The van der Waals surface area contributed by atoms with Gasteiger partial charge in [-0.2, -0.15) is 4.31 Å². The van der Waals surface area contributed by atoms with E-state index in [0.29, 0.717) is 5.69 Å². The second-order valence-corrected chi connectivity index (χ2v) is 10.2.